The minimum absolute atomic E-state index is 0.139. The molecule has 0 radical (unpaired) electrons. The van der Waals surface area contributed by atoms with Gasteiger partial charge < -0.3 is 14.3 Å². The molecular weight excluding hydrogens is 238 g/mol. The third-order valence-corrected chi connectivity index (χ3v) is 3.44. The molecule has 0 amide bonds. The Balaban J connectivity index is 1.91. The summed E-state index contributed by atoms with van der Waals surface area (Å²) in [7, 11) is 1.95. The Morgan fingerprint density at radius 2 is 2.21 bits per heavy atom. The van der Waals surface area contributed by atoms with Gasteiger partial charge in [0.25, 0.3) is 0 Å². The number of hydrogen-bond donors (Lipinski definition) is 1. The van der Waals surface area contributed by atoms with Crippen LogP contribution in [0.2, 0.25) is 0 Å². The number of benzene rings is 1. The van der Waals surface area contributed by atoms with E-state index in [1.165, 1.54) is 0 Å². The average Bonchev–Trinajstić information content (AvgIpc) is 3.02. The molecule has 0 saturated carbocycles. The van der Waals surface area contributed by atoms with Crippen LogP contribution in [0.3, 0.4) is 0 Å². The number of para-hydroxylation sites is 1. The Bertz CT molecular complexity index is 650. The standard InChI is InChI=1S/C15H17N3O/c1-11-17-7-8-18(11)10-13(16-2)15-9-12-5-3-4-6-14(12)19-15/h3-9,13,16H,10H2,1-2H3. The largest absolute Gasteiger partial charge is 0.459 e. The predicted molar refractivity (Wildman–Crippen MR) is 75.0 cm³/mol. The van der Waals surface area contributed by atoms with Gasteiger partial charge in [-0.15, -0.1) is 0 Å². The van der Waals surface area contributed by atoms with Crippen LogP contribution in [0.4, 0.5) is 0 Å². The summed E-state index contributed by atoms with van der Waals surface area (Å²) in [4.78, 5) is 4.24. The Hall–Kier alpha value is -2.07. The highest BCUT2D eigenvalue weighted by Crippen LogP contribution is 2.24. The first-order chi connectivity index (χ1) is 9.28. The predicted octanol–water partition coefficient (Wildman–Crippen LogP) is 2.90. The van der Waals surface area contributed by atoms with Crippen LogP contribution in [0.25, 0.3) is 11.0 Å². The molecule has 0 aliphatic heterocycles. The van der Waals surface area contributed by atoms with Crippen molar-refractivity contribution in [2.75, 3.05) is 7.05 Å². The number of imidazole rings is 1. The molecule has 0 saturated heterocycles. The summed E-state index contributed by atoms with van der Waals surface area (Å²) in [6.45, 7) is 2.81. The monoisotopic (exact) mass is 255 g/mol. The lowest BCUT2D eigenvalue weighted by atomic mass is 10.2. The van der Waals surface area contributed by atoms with Crippen LogP contribution in [0.1, 0.15) is 17.6 Å². The molecule has 2 aromatic heterocycles. The molecule has 2 heterocycles. The number of hydrogen-bond acceptors (Lipinski definition) is 3. The van der Waals surface area contributed by atoms with Crippen molar-refractivity contribution in [1.29, 1.82) is 0 Å². The van der Waals surface area contributed by atoms with Crippen LogP contribution in [0.5, 0.6) is 0 Å². The van der Waals surface area contributed by atoms with Gasteiger partial charge in [0.1, 0.15) is 17.2 Å². The van der Waals surface area contributed by atoms with E-state index in [1.807, 2.05) is 44.6 Å². The maximum Gasteiger partial charge on any atom is 0.134 e. The molecule has 0 aliphatic carbocycles. The highest BCUT2D eigenvalue weighted by molar-refractivity contribution is 5.77. The second-order valence-corrected chi connectivity index (χ2v) is 4.65. The van der Waals surface area contributed by atoms with E-state index < -0.39 is 0 Å². The van der Waals surface area contributed by atoms with Crippen molar-refractivity contribution in [3.63, 3.8) is 0 Å². The van der Waals surface area contributed by atoms with Crippen LogP contribution in [0.15, 0.2) is 47.1 Å². The van der Waals surface area contributed by atoms with E-state index in [4.69, 9.17) is 4.42 Å². The van der Waals surface area contributed by atoms with E-state index in [0.717, 1.165) is 29.1 Å². The molecule has 4 heteroatoms. The van der Waals surface area contributed by atoms with Gasteiger partial charge in [0.05, 0.1) is 6.04 Å². The van der Waals surface area contributed by atoms with E-state index >= 15 is 0 Å². The maximum absolute atomic E-state index is 5.91. The van der Waals surface area contributed by atoms with Crippen LogP contribution in [-0.4, -0.2) is 16.6 Å². The van der Waals surface area contributed by atoms with Crippen molar-refractivity contribution in [2.24, 2.45) is 0 Å². The van der Waals surface area contributed by atoms with E-state index in [9.17, 15) is 0 Å². The Kier molecular flexibility index (Phi) is 3.09. The maximum atomic E-state index is 5.91. The topological polar surface area (TPSA) is 43.0 Å². The van der Waals surface area contributed by atoms with Crippen LogP contribution >= 0.6 is 0 Å². The minimum atomic E-state index is 0.139. The van der Waals surface area contributed by atoms with Crippen molar-refractivity contribution in [1.82, 2.24) is 14.9 Å². The molecule has 19 heavy (non-hydrogen) atoms. The lowest BCUT2D eigenvalue weighted by Gasteiger charge is -2.15. The summed E-state index contributed by atoms with van der Waals surface area (Å²) in [5, 5.41) is 4.44. The molecule has 98 valence electrons. The summed E-state index contributed by atoms with van der Waals surface area (Å²) in [5.74, 6) is 1.97. The van der Waals surface area contributed by atoms with Gasteiger partial charge in [-0.25, -0.2) is 4.98 Å². The normalized spacial score (nSPS) is 12.9. The van der Waals surface area contributed by atoms with Crippen LogP contribution in [0, 0.1) is 6.92 Å². The summed E-state index contributed by atoms with van der Waals surface area (Å²) in [5.41, 5.74) is 0.931. The molecule has 1 atom stereocenters. The molecule has 0 spiro atoms. The number of nitrogens with zero attached hydrogens (tertiary/aromatic N) is 2. The summed E-state index contributed by atoms with van der Waals surface area (Å²) in [6, 6.07) is 10.3. The SMILES string of the molecule is CNC(Cn1ccnc1C)c1cc2ccccc2o1. The minimum Gasteiger partial charge on any atom is -0.459 e. The van der Waals surface area contributed by atoms with E-state index in [1.54, 1.807) is 0 Å². The fourth-order valence-electron chi connectivity index (χ4n) is 2.29. The second-order valence-electron chi connectivity index (χ2n) is 4.65. The van der Waals surface area contributed by atoms with Gasteiger partial charge >= 0.3 is 0 Å². The fraction of sp³-hybridized carbons (Fsp3) is 0.267. The first-order valence-electron chi connectivity index (χ1n) is 6.41. The fourth-order valence-corrected chi connectivity index (χ4v) is 2.29. The molecule has 3 rings (SSSR count). The van der Waals surface area contributed by atoms with Crippen molar-refractivity contribution >= 4 is 11.0 Å². The third kappa shape index (κ3) is 2.27. The average molecular weight is 255 g/mol. The van der Waals surface area contributed by atoms with Crippen LogP contribution in [-0.2, 0) is 6.54 Å². The first-order valence-corrected chi connectivity index (χ1v) is 6.41. The van der Waals surface area contributed by atoms with Gasteiger partial charge in [-0.1, -0.05) is 18.2 Å². The van der Waals surface area contributed by atoms with Crippen molar-refractivity contribution in [3.05, 3.63) is 54.3 Å². The van der Waals surface area contributed by atoms with Gasteiger partial charge in [0, 0.05) is 24.3 Å². The summed E-state index contributed by atoms with van der Waals surface area (Å²) >= 11 is 0. The van der Waals surface area contributed by atoms with Gasteiger partial charge in [0.15, 0.2) is 0 Å². The molecule has 1 aromatic carbocycles. The van der Waals surface area contributed by atoms with Gasteiger partial charge in [-0.2, -0.15) is 0 Å². The number of furan rings is 1. The van der Waals surface area contributed by atoms with E-state index in [-0.39, 0.29) is 6.04 Å². The quantitative estimate of drug-likeness (QED) is 0.779. The third-order valence-electron chi connectivity index (χ3n) is 3.44. The Morgan fingerprint density at radius 3 is 2.89 bits per heavy atom. The smallest absolute Gasteiger partial charge is 0.134 e. The highest BCUT2D eigenvalue weighted by atomic mass is 16.3. The summed E-state index contributed by atoms with van der Waals surface area (Å²) < 4.78 is 8.03. The van der Waals surface area contributed by atoms with Crippen molar-refractivity contribution in [3.8, 4) is 0 Å². The molecule has 3 aromatic rings. The lowest BCUT2D eigenvalue weighted by molar-refractivity contribution is 0.407. The number of rotatable bonds is 4. The van der Waals surface area contributed by atoms with E-state index in [2.05, 4.69) is 27.0 Å². The zero-order chi connectivity index (χ0) is 13.2. The zero-order valence-electron chi connectivity index (χ0n) is 11.1. The van der Waals surface area contributed by atoms with Gasteiger partial charge in [0.2, 0.25) is 0 Å². The lowest BCUT2D eigenvalue weighted by Crippen LogP contribution is -2.21. The summed E-state index contributed by atoms with van der Waals surface area (Å²) in [6.07, 6.45) is 3.81. The molecule has 1 N–H and O–H groups in total. The molecule has 0 aliphatic rings. The van der Waals surface area contributed by atoms with Gasteiger partial charge in [-0.3, -0.25) is 0 Å². The van der Waals surface area contributed by atoms with Crippen molar-refractivity contribution < 1.29 is 4.42 Å². The number of likely N-dealkylation sites (N-methyl/N-ethyl adjacent to an activating group) is 1. The molecule has 0 fully saturated rings. The second kappa shape index (κ2) is 4.90. The number of fused-ring (bicyclic) bond motifs is 1. The molecular formula is C15H17N3O. The number of aryl methyl sites for hydroxylation is 1. The first kappa shape index (κ1) is 12.0. The highest BCUT2D eigenvalue weighted by Gasteiger charge is 2.15. The van der Waals surface area contributed by atoms with E-state index in [0.29, 0.717) is 0 Å². The molecule has 0 bridgehead atoms. The van der Waals surface area contributed by atoms with Crippen LogP contribution < -0.4 is 5.32 Å². The Morgan fingerprint density at radius 1 is 1.37 bits per heavy atom. The molecule has 4 nitrogen and oxygen atoms in total. The number of nitrogens with one attached hydrogen (secondary N) is 1. The zero-order valence-corrected chi connectivity index (χ0v) is 11.1. The Labute approximate surface area is 112 Å². The van der Waals surface area contributed by atoms with Gasteiger partial charge in [-0.05, 0) is 26.1 Å². The number of aromatic nitrogens is 2. The van der Waals surface area contributed by atoms with Crippen molar-refractivity contribution in [2.45, 2.75) is 19.5 Å². The molecule has 1 unspecified atom stereocenters.